The number of nitrogens with two attached hydrogens (primary N) is 2. The molecule has 90 valence electrons. The molecule has 0 unspecified atom stereocenters. The Morgan fingerprint density at radius 3 is 2.24 bits per heavy atom. The smallest absolute Gasteiger partial charge is 0.214 e. The van der Waals surface area contributed by atoms with Crippen LogP contribution >= 0.6 is 11.6 Å². The standard InChI is InChI=1S/C7H7Cl.C2H5N7/c1-6-2-4-7(8)5-3-6;3-1(4)7-2(5)8-9-6/h2-5H,1H3;(H5,3,4,5,7). The molecule has 0 aliphatic rings. The number of hydrogen-bond acceptors (Lipinski definition) is 1. The van der Waals surface area contributed by atoms with Crippen LogP contribution in [-0.2, 0) is 0 Å². The Morgan fingerprint density at radius 1 is 1.35 bits per heavy atom. The van der Waals surface area contributed by atoms with Crippen molar-refractivity contribution < 1.29 is 0 Å². The molecule has 8 heteroatoms. The molecule has 1 rings (SSSR count). The summed E-state index contributed by atoms with van der Waals surface area (Å²) < 4.78 is 0. The number of azide groups is 1. The number of guanidine groups is 2. The van der Waals surface area contributed by atoms with Gasteiger partial charge in [0.05, 0.1) is 0 Å². The number of halogens is 1. The molecule has 0 aliphatic carbocycles. The second-order valence-corrected chi connectivity index (χ2v) is 3.28. The normalized spacial score (nSPS) is 9.65. The molecule has 5 N–H and O–H groups in total. The highest BCUT2D eigenvalue weighted by atomic mass is 35.5. The first kappa shape index (κ1) is 14.8. The predicted molar refractivity (Wildman–Crippen MR) is 68.9 cm³/mol. The average Bonchev–Trinajstić information content (AvgIpc) is 2.22. The Labute approximate surface area is 103 Å². The van der Waals surface area contributed by atoms with E-state index in [1.807, 2.05) is 31.2 Å². The first-order chi connectivity index (χ1) is 7.95. The van der Waals surface area contributed by atoms with E-state index in [0.29, 0.717) is 0 Å². The largest absolute Gasteiger partial charge is 0.382 e. The molecule has 7 nitrogen and oxygen atoms in total. The van der Waals surface area contributed by atoms with Gasteiger partial charge in [0.25, 0.3) is 0 Å². The third kappa shape index (κ3) is 8.73. The molecule has 0 saturated carbocycles. The summed E-state index contributed by atoms with van der Waals surface area (Å²) in [5.41, 5.74) is 18.6. The Kier molecular flexibility index (Phi) is 6.92. The molecule has 0 spiro atoms. The molecule has 0 saturated heterocycles. The third-order valence-corrected chi connectivity index (χ3v) is 1.65. The maximum Gasteiger partial charge on any atom is 0.214 e. The highest BCUT2D eigenvalue weighted by molar-refractivity contribution is 6.30. The lowest BCUT2D eigenvalue weighted by molar-refractivity contribution is 1.34. The molecule has 0 atom stereocenters. The van der Waals surface area contributed by atoms with E-state index in [2.05, 4.69) is 15.0 Å². The van der Waals surface area contributed by atoms with E-state index in [1.165, 1.54) is 5.56 Å². The predicted octanol–water partition coefficient (Wildman–Crippen LogP) is 2.15. The fourth-order valence-corrected chi connectivity index (χ4v) is 0.851. The lowest BCUT2D eigenvalue weighted by atomic mass is 10.2. The van der Waals surface area contributed by atoms with Crippen LogP contribution in [0.25, 0.3) is 10.4 Å². The summed E-state index contributed by atoms with van der Waals surface area (Å²) in [4.78, 5) is 5.41. The van der Waals surface area contributed by atoms with Crippen LogP contribution in [-0.4, -0.2) is 11.9 Å². The molecule has 0 radical (unpaired) electrons. The van der Waals surface area contributed by atoms with Crippen molar-refractivity contribution in [1.82, 2.24) is 0 Å². The van der Waals surface area contributed by atoms with Crippen LogP contribution in [0.3, 0.4) is 0 Å². The SMILES string of the molecule is Cc1ccc(Cl)cc1.[N-]=[N+]=NC(N)=NC(=N)N. The number of rotatable bonds is 0. The summed E-state index contributed by atoms with van der Waals surface area (Å²) in [7, 11) is 0. The van der Waals surface area contributed by atoms with Crippen molar-refractivity contribution in [1.29, 1.82) is 5.41 Å². The van der Waals surface area contributed by atoms with E-state index in [4.69, 9.17) is 34.0 Å². The molecule has 0 bridgehead atoms. The maximum absolute atomic E-state index is 7.74. The van der Waals surface area contributed by atoms with Crippen molar-refractivity contribution in [3.63, 3.8) is 0 Å². The van der Waals surface area contributed by atoms with Gasteiger partial charge in [-0.2, -0.15) is 4.99 Å². The molecule has 0 aliphatic heterocycles. The monoisotopic (exact) mass is 253 g/mol. The van der Waals surface area contributed by atoms with Gasteiger partial charge in [0, 0.05) is 9.93 Å². The second-order valence-electron chi connectivity index (χ2n) is 2.84. The molecule has 0 aromatic heterocycles. The van der Waals surface area contributed by atoms with Crippen LogP contribution in [0.2, 0.25) is 5.02 Å². The highest BCUT2D eigenvalue weighted by Crippen LogP contribution is 2.07. The van der Waals surface area contributed by atoms with Crippen molar-refractivity contribution in [3.05, 3.63) is 45.3 Å². The van der Waals surface area contributed by atoms with E-state index in [-0.39, 0.29) is 5.96 Å². The zero-order chi connectivity index (χ0) is 13.3. The van der Waals surface area contributed by atoms with E-state index in [1.54, 1.807) is 0 Å². The summed E-state index contributed by atoms with van der Waals surface area (Å²) in [5.74, 6) is -0.843. The first-order valence-corrected chi connectivity index (χ1v) is 4.79. The summed E-state index contributed by atoms with van der Waals surface area (Å²) >= 11 is 5.61. The zero-order valence-corrected chi connectivity index (χ0v) is 9.89. The number of hydrogen-bond donors (Lipinski definition) is 3. The lowest BCUT2D eigenvalue weighted by Crippen LogP contribution is -2.14. The Hall–Kier alpha value is -2.24. The Balaban J connectivity index is 0.000000302. The number of nitrogens with zero attached hydrogens (tertiary/aromatic N) is 4. The van der Waals surface area contributed by atoms with Crippen LogP contribution < -0.4 is 11.5 Å². The Bertz CT molecular complexity index is 424. The van der Waals surface area contributed by atoms with Gasteiger partial charge in [-0.15, -0.1) is 0 Å². The van der Waals surface area contributed by atoms with Gasteiger partial charge in [-0.1, -0.05) is 29.3 Å². The summed E-state index contributed by atoms with van der Waals surface area (Å²) in [6.07, 6.45) is 0. The van der Waals surface area contributed by atoms with Crippen LogP contribution in [0.5, 0.6) is 0 Å². The van der Waals surface area contributed by atoms with E-state index >= 15 is 0 Å². The number of aliphatic imine (C=N–C) groups is 1. The van der Waals surface area contributed by atoms with E-state index in [9.17, 15) is 0 Å². The van der Waals surface area contributed by atoms with E-state index in [0.717, 1.165) is 5.02 Å². The van der Waals surface area contributed by atoms with Crippen LogP contribution in [0, 0.1) is 12.3 Å². The second kappa shape index (κ2) is 7.98. The minimum Gasteiger partial charge on any atom is -0.382 e. The van der Waals surface area contributed by atoms with Crippen molar-refractivity contribution in [2.45, 2.75) is 6.92 Å². The molecule has 0 fully saturated rings. The van der Waals surface area contributed by atoms with Gasteiger partial charge < -0.3 is 11.5 Å². The quantitative estimate of drug-likeness (QED) is 0.214. The van der Waals surface area contributed by atoms with Gasteiger partial charge >= 0.3 is 0 Å². The average molecular weight is 254 g/mol. The van der Waals surface area contributed by atoms with Gasteiger partial charge in [0.1, 0.15) is 0 Å². The first-order valence-electron chi connectivity index (χ1n) is 4.41. The van der Waals surface area contributed by atoms with Gasteiger partial charge in [-0.05, 0) is 29.7 Å². The lowest BCUT2D eigenvalue weighted by Gasteiger charge is -1.88. The summed E-state index contributed by atoms with van der Waals surface area (Å²) in [5, 5.41) is 10.2. The fraction of sp³-hybridized carbons (Fsp3) is 0.111. The van der Waals surface area contributed by atoms with Crippen molar-refractivity contribution in [3.8, 4) is 0 Å². The number of benzene rings is 1. The molecule has 0 amide bonds. The fourth-order valence-electron chi connectivity index (χ4n) is 0.725. The minimum atomic E-state index is -0.486. The van der Waals surface area contributed by atoms with Crippen LogP contribution in [0.15, 0.2) is 34.4 Å². The summed E-state index contributed by atoms with van der Waals surface area (Å²) in [6, 6.07) is 7.75. The number of aryl methyl sites for hydroxylation is 1. The van der Waals surface area contributed by atoms with Gasteiger partial charge in [0.15, 0.2) is 5.96 Å². The highest BCUT2D eigenvalue weighted by Gasteiger charge is 1.84. The Morgan fingerprint density at radius 2 is 1.88 bits per heavy atom. The third-order valence-electron chi connectivity index (χ3n) is 1.39. The zero-order valence-electron chi connectivity index (χ0n) is 9.13. The van der Waals surface area contributed by atoms with Crippen molar-refractivity contribution >= 4 is 23.5 Å². The van der Waals surface area contributed by atoms with Crippen LogP contribution in [0.4, 0.5) is 0 Å². The van der Waals surface area contributed by atoms with Crippen LogP contribution in [0.1, 0.15) is 5.56 Å². The van der Waals surface area contributed by atoms with Crippen molar-refractivity contribution in [2.24, 2.45) is 21.6 Å². The van der Waals surface area contributed by atoms with Gasteiger partial charge in [0.2, 0.25) is 5.96 Å². The molecular formula is C9H12ClN7. The minimum absolute atomic E-state index is 0.356. The van der Waals surface area contributed by atoms with Crippen molar-refractivity contribution in [2.75, 3.05) is 0 Å². The summed E-state index contributed by atoms with van der Waals surface area (Å²) in [6.45, 7) is 2.04. The molecular weight excluding hydrogens is 242 g/mol. The topological polar surface area (TPSA) is 137 Å². The molecule has 1 aromatic rings. The molecule has 1 aromatic carbocycles. The van der Waals surface area contributed by atoms with Gasteiger partial charge in [-0.3, -0.25) is 5.41 Å². The van der Waals surface area contributed by atoms with Gasteiger partial charge in [-0.25, -0.2) is 0 Å². The molecule has 17 heavy (non-hydrogen) atoms. The molecule has 0 heterocycles. The number of nitrogens with one attached hydrogen (secondary N) is 1. The van der Waals surface area contributed by atoms with E-state index < -0.39 is 5.96 Å². The maximum atomic E-state index is 7.74.